The lowest BCUT2D eigenvalue weighted by molar-refractivity contribution is 0.0370. The van der Waals surface area contributed by atoms with E-state index in [0.29, 0.717) is 18.6 Å². The number of halogens is 1. The second kappa shape index (κ2) is 5.79. The Balaban J connectivity index is 3.22. The quantitative estimate of drug-likeness (QED) is 0.536. The molecule has 0 radical (unpaired) electrons. The van der Waals surface area contributed by atoms with Gasteiger partial charge in [-0.15, -0.1) is 11.6 Å². The van der Waals surface area contributed by atoms with Gasteiger partial charge < -0.3 is 9.84 Å². The fourth-order valence-electron chi connectivity index (χ4n) is 0.642. The van der Waals surface area contributed by atoms with E-state index in [9.17, 15) is 0 Å². The molecule has 0 spiro atoms. The molecule has 0 aromatic rings. The maximum atomic E-state index is 9.03. The molecule has 0 saturated carbocycles. The first-order valence-electron chi connectivity index (χ1n) is 4.27. The molecule has 1 N–H and O–H groups in total. The van der Waals surface area contributed by atoms with Gasteiger partial charge in [-0.3, -0.25) is 0 Å². The minimum absolute atomic E-state index is 0.246. The SMILES string of the molecule is CC(C)(C)CCOCC(O)CCl. The monoisotopic (exact) mass is 194 g/mol. The molecule has 1 unspecified atom stereocenters. The first-order valence-corrected chi connectivity index (χ1v) is 4.81. The Bertz CT molecular complexity index is 110. The lowest BCUT2D eigenvalue weighted by atomic mass is 9.93. The predicted molar refractivity (Wildman–Crippen MR) is 51.6 cm³/mol. The Hall–Kier alpha value is 0.210. The summed E-state index contributed by atoms with van der Waals surface area (Å²) >= 11 is 5.39. The van der Waals surface area contributed by atoms with Gasteiger partial charge in [0, 0.05) is 6.61 Å². The third kappa shape index (κ3) is 8.31. The summed E-state index contributed by atoms with van der Waals surface area (Å²) < 4.78 is 5.23. The molecule has 0 bridgehead atoms. The summed E-state index contributed by atoms with van der Waals surface area (Å²) in [7, 11) is 0. The van der Waals surface area contributed by atoms with E-state index < -0.39 is 6.10 Å². The second-order valence-corrected chi connectivity index (χ2v) is 4.50. The molecule has 74 valence electrons. The van der Waals surface area contributed by atoms with Gasteiger partial charge in [0.25, 0.3) is 0 Å². The number of alkyl halides is 1. The van der Waals surface area contributed by atoms with E-state index in [2.05, 4.69) is 20.8 Å². The van der Waals surface area contributed by atoms with Gasteiger partial charge in [0.05, 0.1) is 18.6 Å². The van der Waals surface area contributed by atoms with Crippen LogP contribution in [0.4, 0.5) is 0 Å². The van der Waals surface area contributed by atoms with Crippen molar-refractivity contribution in [2.75, 3.05) is 19.1 Å². The van der Waals surface area contributed by atoms with Crippen molar-refractivity contribution in [2.45, 2.75) is 33.3 Å². The van der Waals surface area contributed by atoms with Crippen LogP contribution in [0, 0.1) is 5.41 Å². The number of aliphatic hydroxyl groups excluding tert-OH is 1. The first-order chi connectivity index (χ1) is 5.45. The highest BCUT2D eigenvalue weighted by Gasteiger charge is 2.10. The van der Waals surface area contributed by atoms with Gasteiger partial charge in [-0.2, -0.15) is 0 Å². The zero-order valence-electron chi connectivity index (χ0n) is 8.14. The standard InChI is InChI=1S/C9H19ClO2/c1-9(2,3)4-5-12-7-8(11)6-10/h8,11H,4-7H2,1-3H3. The average Bonchev–Trinajstić information content (AvgIpc) is 1.96. The maximum Gasteiger partial charge on any atom is 0.0908 e. The van der Waals surface area contributed by atoms with Gasteiger partial charge in [0.2, 0.25) is 0 Å². The van der Waals surface area contributed by atoms with E-state index in [1.165, 1.54) is 0 Å². The first kappa shape index (κ1) is 12.2. The number of ether oxygens (including phenoxy) is 1. The molecule has 0 aromatic heterocycles. The Labute approximate surface area is 79.9 Å². The van der Waals surface area contributed by atoms with Crippen LogP contribution in [-0.4, -0.2) is 30.3 Å². The van der Waals surface area contributed by atoms with Crippen LogP contribution in [-0.2, 0) is 4.74 Å². The molecule has 12 heavy (non-hydrogen) atoms. The molecule has 1 atom stereocenters. The number of aliphatic hydroxyl groups is 1. The fraction of sp³-hybridized carbons (Fsp3) is 1.00. The summed E-state index contributed by atoms with van der Waals surface area (Å²) in [5.74, 6) is 0.246. The van der Waals surface area contributed by atoms with E-state index in [1.807, 2.05) is 0 Å². The molecule has 2 nitrogen and oxygen atoms in total. The minimum atomic E-state index is -0.522. The summed E-state index contributed by atoms with van der Waals surface area (Å²) in [6.45, 7) is 7.52. The summed E-state index contributed by atoms with van der Waals surface area (Å²) in [6, 6.07) is 0. The largest absolute Gasteiger partial charge is 0.389 e. The highest BCUT2D eigenvalue weighted by molar-refractivity contribution is 6.18. The number of hydrogen-bond donors (Lipinski definition) is 1. The molecule has 0 fully saturated rings. The van der Waals surface area contributed by atoms with Crippen LogP contribution in [0.15, 0.2) is 0 Å². The smallest absolute Gasteiger partial charge is 0.0908 e. The van der Waals surface area contributed by atoms with Crippen LogP contribution in [0.1, 0.15) is 27.2 Å². The average molecular weight is 195 g/mol. The van der Waals surface area contributed by atoms with Crippen molar-refractivity contribution in [1.82, 2.24) is 0 Å². The number of rotatable bonds is 5. The van der Waals surface area contributed by atoms with Crippen molar-refractivity contribution in [3.63, 3.8) is 0 Å². The summed E-state index contributed by atoms with van der Waals surface area (Å²) in [6.07, 6.45) is 0.480. The Morgan fingerprint density at radius 2 is 2.00 bits per heavy atom. The molecule has 0 aliphatic heterocycles. The molecule has 0 heterocycles. The van der Waals surface area contributed by atoms with Gasteiger partial charge in [-0.1, -0.05) is 20.8 Å². The molecule has 0 aliphatic rings. The topological polar surface area (TPSA) is 29.5 Å². The van der Waals surface area contributed by atoms with Crippen molar-refractivity contribution in [1.29, 1.82) is 0 Å². The van der Waals surface area contributed by atoms with Gasteiger partial charge >= 0.3 is 0 Å². The van der Waals surface area contributed by atoms with Crippen LogP contribution in [0.2, 0.25) is 0 Å². The van der Waals surface area contributed by atoms with E-state index in [1.54, 1.807) is 0 Å². The third-order valence-electron chi connectivity index (χ3n) is 1.48. The fourth-order valence-corrected chi connectivity index (χ4v) is 0.731. The molecule has 0 saturated heterocycles. The van der Waals surface area contributed by atoms with Crippen LogP contribution in [0.5, 0.6) is 0 Å². The number of hydrogen-bond acceptors (Lipinski definition) is 2. The predicted octanol–water partition coefficient (Wildman–Crippen LogP) is 2.04. The highest BCUT2D eigenvalue weighted by Crippen LogP contribution is 2.17. The zero-order valence-corrected chi connectivity index (χ0v) is 8.90. The molecular weight excluding hydrogens is 176 g/mol. The molecule has 0 amide bonds. The molecular formula is C9H19ClO2. The van der Waals surface area contributed by atoms with E-state index in [-0.39, 0.29) is 5.88 Å². The lowest BCUT2D eigenvalue weighted by Crippen LogP contribution is -2.19. The second-order valence-electron chi connectivity index (χ2n) is 4.19. The summed E-state index contributed by atoms with van der Waals surface area (Å²) in [5.41, 5.74) is 0.298. The van der Waals surface area contributed by atoms with Gasteiger partial charge in [-0.05, 0) is 11.8 Å². The zero-order chi connectivity index (χ0) is 9.61. The Morgan fingerprint density at radius 1 is 1.42 bits per heavy atom. The van der Waals surface area contributed by atoms with E-state index in [0.717, 1.165) is 6.42 Å². The van der Waals surface area contributed by atoms with Crippen molar-refractivity contribution in [2.24, 2.45) is 5.41 Å². The van der Waals surface area contributed by atoms with E-state index in [4.69, 9.17) is 21.4 Å². The molecule has 3 heteroatoms. The summed E-state index contributed by atoms with van der Waals surface area (Å²) in [5, 5.41) is 9.03. The van der Waals surface area contributed by atoms with Gasteiger partial charge in [0.15, 0.2) is 0 Å². The van der Waals surface area contributed by atoms with Crippen molar-refractivity contribution >= 4 is 11.6 Å². The Kier molecular flexibility index (Phi) is 5.89. The maximum absolute atomic E-state index is 9.03. The van der Waals surface area contributed by atoms with Crippen molar-refractivity contribution in [3.05, 3.63) is 0 Å². The van der Waals surface area contributed by atoms with Crippen LogP contribution >= 0.6 is 11.6 Å². The molecule has 0 aromatic carbocycles. The lowest BCUT2D eigenvalue weighted by Gasteiger charge is -2.18. The van der Waals surface area contributed by atoms with Crippen LogP contribution in [0.25, 0.3) is 0 Å². The minimum Gasteiger partial charge on any atom is -0.389 e. The molecule has 0 rings (SSSR count). The van der Waals surface area contributed by atoms with Crippen LogP contribution in [0.3, 0.4) is 0 Å². The summed E-state index contributed by atoms with van der Waals surface area (Å²) in [4.78, 5) is 0. The van der Waals surface area contributed by atoms with Gasteiger partial charge in [0.1, 0.15) is 0 Å². The van der Waals surface area contributed by atoms with Crippen LogP contribution < -0.4 is 0 Å². The normalized spacial score (nSPS) is 14.8. The van der Waals surface area contributed by atoms with Crippen molar-refractivity contribution in [3.8, 4) is 0 Å². The Morgan fingerprint density at radius 3 is 2.42 bits per heavy atom. The third-order valence-corrected chi connectivity index (χ3v) is 1.84. The van der Waals surface area contributed by atoms with E-state index >= 15 is 0 Å². The highest BCUT2D eigenvalue weighted by atomic mass is 35.5. The van der Waals surface area contributed by atoms with Crippen molar-refractivity contribution < 1.29 is 9.84 Å². The molecule has 0 aliphatic carbocycles. The van der Waals surface area contributed by atoms with Gasteiger partial charge in [-0.25, -0.2) is 0 Å².